The molecular formula is C23H21ClN2O4S. The summed E-state index contributed by atoms with van der Waals surface area (Å²) in [6.45, 7) is 1.03. The van der Waals surface area contributed by atoms with Gasteiger partial charge in [-0.25, -0.2) is 8.42 Å². The maximum atomic E-state index is 13.2. The van der Waals surface area contributed by atoms with Crippen LogP contribution < -0.4 is 5.32 Å². The number of Topliss-reactive ketones (excluding diaryl/α,β-unsaturated/α-hetero) is 1. The van der Waals surface area contributed by atoms with Crippen molar-refractivity contribution in [1.29, 1.82) is 0 Å². The molecule has 6 nitrogen and oxygen atoms in total. The van der Waals surface area contributed by atoms with Gasteiger partial charge in [0.1, 0.15) is 0 Å². The third kappa shape index (κ3) is 6.01. The molecule has 0 heterocycles. The third-order valence-corrected chi connectivity index (χ3v) is 6.58. The molecule has 3 aromatic carbocycles. The number of carbonyl (C=O) groups excluding carboxylic acids is 2. The highest BCUT2D eigenvalue weighted by Gasteiger charge is 2.27. The Labute approximate surface area is 186 Å². The first-order chi connectivity index (χ1) is 14.8. The second kappa shape index (κ2) is 9.87. The zero-order valence-corrected chi connectivity index (χ0v) is 18.4. The molecular weight excluding hydrogens is 436 g/mol. The molecule has 0 atom stereocenters. The molecule has 0 saturated carbocycles. The number of nitrogens with zero attached hydrogens (tertiary/aromatic N) is 1. The fraction of sp³-hybridized carbons (Fsp3) is 0.130. The molecule has 0 aliphatic rings. The molecule has 1 N–H and O–H groups in total. The quantitative estimate of drug-likeness (QED) is 0.510. The number of hydrogen-bond acceptors (Lipinski definition) is 4. The maximum absolute atomic E-state index is 13.2. The number of nitrogens with one attached hydrogen (secondary N) is 1. The molecule has 0 saturated heterocycles. The van der Waals surface area contributed by atoms with E-state index in [1.165, 1.54) is 19.1 Å². The fourth-order valence-corrected chi connectivity index (χ4v) is 4.47. The van der Waals surface area contributed by atoms with E-state index in [9.17, 15) is 18.0 Å². The Bertz CT molecular complexity index is 1180. The van der Waals surface area contributed by atoms with Gasteiger partial charge in [-0.3, -0.25) is 9.59 Å². The first kappa shape index (κ1) is 22.7. The molecule has 3 aromatic rings. The largest absolute Gasteiger partial charge is 0.325 e. The van der Waals surface area contributed by atoms with E-state index < -0.39 is 22.5 Å². The number of hydrogen-bond donors (Lipinski definition) is 1. The van der Waals surface area contributed by atoms with Gasteiger partial charge >= 0.3 is 0 Å². The number of halogens is 1. The molecule has 0 fully saturated rings. The van der Waals surface area contributed by atoms with Crippen LogP contribution in [0.2, 0.25) is 5.02 Å². The normalized spacial score (nSPS) is 11.3. The van der Waals surface area contributed by atoms with Gasteiger partial charge in [0, 0.05) is 22.8 Å². The Balaban J connectivity index is 1.85. The van der Waals surface area contributed by atoms with Crippen molar-refractivity contribution in [2.75, 3.05) is 11.9 Å². The fourth-order valence-electron chi connectivity index (χ4n) is 2.94. The minimum absolute atomic E-state index is 0.00466. The highest BCUT2D eigenvalue weighted by molar-refractivity contribution is 7.89. The number of rotatable bonds is 8. The summed E-state index contributed by atoms with van der Waals surface area (Å²) in [5.41, 5.74) is 1.56. The summed E-state index contributed by atoms with van der Waals surface area (Å²) in [5.74, 6) is -0.652. The Morgan fingerprint density at radius 2 is 1.61 bits per heavy atom. The lowest BCUT2D eigenvalue weighted by molar-refractivity contribution is -0.116. The number of sulfonamides is 1. The Morgan fingerprint density at radius 3 is 2.26 bits per heavy atom. The van der Waals surface area contributed by atoms with Gasteiger partial charge in [-0.1, -0.05) is 54.1 Å². The predicted molar refractivity (Wildman–Crippen MR) is 121 cm³/mol. The van der Waals surface area contributed by atoms with Crippen molar-refractivity contribution in [3.05, 3.63) is 95.0 Å². The Kier molecular flexibility index (Phi) is 7.22. The summed E-state index contributed by atoms with van der Waals surface area (Å²) in [4.78, 5) is 24.4. The van der Waals surface area contributed by atoms with E-state index >= 15 is 0 Å². The molecule has 3 rings (SSSR count). The maximum Gasteiger partial charge on any atom is 0.243 e. The summed E-state index contributed by atoms with van der Waals surface area (Å²) in [6.07, 6.45) is 0. The molecule has 0 bridgehead atoms. The Hall–Kier alpha value is -3.00. The standard InChI is InChI=1S/C23H21ClN2O4S/c1-17(27)19-6-5-7-21(14-19)25-23(28)16-26(15-18-10-12-20(24)13-11-18)31(29,30)22-8-3-2-4-9-22/h2-14H,15-16H2,1H3,(H,25,28). The van der Waals surface area contributed by atoms with Crippen LogP contribution in [-0.4, -0.2) is 31.0 Å². The van der Waals surface area contributed by atoms with E-state index in [4.69, 9.17) is 11.6 Å². The lowest BCUT2D eigenvalue weighted by atomic mass is 10.1. The summed E-state index contributed by atoms with van der Waals surface area (Å²) < 4.78 is 27.5. The second-order valence-electron chi connectivity index (χ2n) is 6.90. The average Bonchev–Trinajstić information content (AvgIpc) is 2.75. The summed E-state index contributed by atoms with van der Waals surface area (Å²) in [7, 11) is -3.93. The van der Waals surface area contributed by atoms with E-state index in [0.717, 1.165) is 4.31 Å². The van der Waals surface area contributed by atoms with Crippen molar-refractivity contribution in [2.24, 2.45) is 0 Å². The van der Waals surface area contributed by atoms with Crippen LogP contribution in [0.1, 0.15) is 22.8 Å². The minimum atomic E-state index is -3.93. The number of benzene rings is 3. The molecule has 8 heteroatoms. The second-order valence-corrected chi connectivity index (χ2v) is 9.27. The van der Waals surface area contributed by atoms with Crippen molar-refractivity contribution in [3.8, 4) is 0 Å². The molecule has 1 amide bonds. The van der Waals surface area contributed by atoms with Crippen molar-refractivity contribution < 1.29 is 18.0 Å². The lowest BCUT2D eigenvalue weighted by Gasteiger charge is -2.22. The van der Waals surface area contributed by atoms with Crippen molar-refractivity contribution in [3.63, 3.8) is 0 Å². The smallest absolute Gasteiger partial charge is 0.243 e. The van der Waals surface area contributed by atoms with E-state index in [0.29, 0.717) is 21.8 Å². The zero-order chi connectivity index (χ0) is 22.4. The molecule has 31 heavy (non-hydrogen) atoms. The van der Waals surface area contributed by atoms with Crippen LogP contribution in [0.25, 0.3) is 0 Å². The van der Waals surface area contributed by atoms with Crippen LogP contribution in [0.4, 0.5) is 5.69 Å². The van der Waals surface area contributed by atoms with Crippen LogP contribution in [-0.2, 0) is 21.4 Å². The molecule has 160 valence electrons. The van der Waals surface area contributed by atoms with Gasteiger partial charge in [0.25, 0.3) is 0 Å². The van der Waals surface area contributed by atoms with Gasteiger partial charge in [-0.15, -0.1) is 0 Å². The van der Waals surface area contributed by atoms with Crippen LogP contribution in [0.3, 0.4) is 0 Å². The van der Waals surface area contributed by atoms with Crippen molar-refractivity contribution in [2.45, 2.75) is 18.4 Å². The van der Waals surface area contributed by atoms with Gasteiger partial charge < -0.3 is 5.32 Å². The molecule has 0 aliphatic heterocycles. The van der Waals surface area contributed by atoms with Gasteiger partial charge in [-0.05, 0) is 48.9 Å². The van der Waals surface area contributed by atoms with Crippen LogP contribution in [0.5, 0.6) is 0 Å². The molecule has 0 unspecified atom stereocenters. The van der Waals surface area contributed by atoms with Gasteiger partial charge in [0.15, 0.2) is 5.78 Å². The summed E-state index contributed by atoms with van der Waals surface area (Å²) >= 11 is 5.92. The van der Waals surface area contributed by atoms with Crippen LogP contribution in [0, 0.1) is 0 Å². The van der Waals surface area contributed by atoms with Gasteiger partial charge in [0.2, 0.25) is 15.9 Å². The zero-order valence-electron chi connectivity index (χ0n) is 16.8. The van der Waals surface area contributed by atoms with E-state index in [1.54, 1.807) is 66.7 Å². The SMILES string of the molecule is CC(=O)c1cccc(NC(=O)CN(Cc2ccc(Cl)cc2)S(=O)(=O)c2ccccc2)c1. The van der Waals surface area contributed by atoms with Crippen LogP contribution in [0.15, 0.2) is 83.8 Å². The summed E-state index contributed by atoms with van der Waals surface area (Å²) in [6, 6.07) is 21.2. The molecule has 0 radical (unpaired) electrons. The molecule has 0 aromatic heterocycles. The van der Waals surface area contributed by atoms with Crippen LogP contribution >= 0.6 is 11.6 Å². The minimum Gasteiger partial charge on any atom is -0.325 e. The predicted octanol–water partition coefficient (Wildman–Crippen LogP) is 4.37. The highest BCUT2D eigenvalue weighted by Crippen LogP contribution is 2.20. The first-order valence-electron chi connectivity index (χ1n) is 9.46. The van der Waals surface area contributed by atoms with E-state index in [1.807, 2.05) is 0 Å². The lowest BCUT2D eigenvalue weighted by Crippen LogP contribution is -2.37. The highest BCUT2D eigenvalue weighted by atomic mass is 35.5. The van der Waals surface area contributed by atoms with E-state index in [-0.39, 0.29) is 17.2 Å². The number of anilines is 1. The monoisotopic (exact) mass is 456 g/mol. The van der Waals surface area contributed by atoms with Crippen molar-refractivity contribution in [1.82, 2.24) is 4.31 Å². The number of amides is 1. The first-order valence-corrected chi connectivity index (χ1v) is 11.3. The Morgan fingerprint density at radius 1 is 0.935 bits per heavy atom. The van der Waals surface area contributed by atoms with Crippen molar-refractivity contribution >= 4 is 39.0 Å². The number of carbonyl (C=O) groups is 2. The topological polar surface area (TPSA) is 83.6 Å². The molecule has 0 spiro atoms. The molecule has 0 aliphatic carbocycles. The third-order valence-electron chi connectivity index (χ3n) is 4.53. The van der Waals surface area contributed by atoms with Gasteiger partial charge in [0.05, 0.1) is 11.4 Å². The van der Waals surface area contributed by atoms with E-state index in [2.05, 4.69) is 5.32 Å². The van der Waals surface area contributed by atoms with Gasteiger partial charge in [-0.2, -0.15) is 4.31 Å². The number of ketones is 1. The average molecular weight is 457 g/mol. The summed E-state index contributed by atoms with van der Waals surface area (Å²) in [5, 5.41) is 3.20.